The van der Waals surface area contributed by atoms with Gasteiger partial charge in [-0.2, -0.15) is 0 Å². The second-order valence-electron chi connectivity index (χ2n) is 6.79. The molecule has 0 spiro atoms. The fourth-order valence-corrected chi connectivity index (χ4v) is 2.55. The molecule has 0 radical (unpaired) electrons. The largest absolute Gasteiger partial charge is 0.459 e. The molecule has 6 heteroatoms. The maximum atomic E-state index is 12.2. The molecule has 0 fully saturated rings. The predicted octanol–water partition coefficient (Wildman–Crippen LogP) is 1.91. The van der Waals surface area contributed by atoms with Crippen LogP contribution in [0.25, 0.3) is 0 Å². The molecule has 1 aliphatic heterocycles. The molecular formula is C18H25N3O3. The summed E-state index contributed by atoms with van der Waals surface area (Å²) in [7, 11) is 0. The lowest BCUT2D eigenvalue weighted by Crippen LogP contribution is -2.46. The molecule has 0 bridgehead atoms. The van der Waals surface area contributed by atoms with Gasteiger partial charge in [0.2, 0.25) is 5.91 Å². The van der Waals surface area contributed by atoms with Crippen LogP contribution >= 0.6 is 0 Å². The first-order valence-electron chi connectivity index (χ1n) is 7.99. The maximum absolute atomic E-state index is 12.2. The molecule has 1 heterocycles. The van der Waals surface area contributed by atoms with Gasteiger partial charge < -0.3 is 15.0 Å². The Morgan fingerprint density at radius 2 is 1.96 bits per heavy atom. The summed E-state index contributed by atoms with van der Waals surface area (Å²) in [6.45, 7) is 7.59. The van der Waals surface area contributed by atoms with Crippen LogP contribution in [0.4, 0.5) is 0 Å². The van der Waals surface area contributed by atoms with Gasteiger partial charge in [0.1, 0.15) is 18.3 Å². The predicted molar refractivity (Wildman–Crippen MR) is 91.6 cm³/mol. The van der Waals surface area contributed by atoms with Crippen LogP contribution in [0, 0.1) is 0 Å². The van der Waals surface area contributed by atoms with Crippen molar-refractivity contribution in [3.63, 3.8) is 0 Å². The lowest BCUT2D eigenvalue weighted by Gasteiger charge is -2.36. The van der Waals surface area contributed by atoms with E-state index in [0.717, 1.165) is 11.3 Å². The van der Waals surface area contributed by atoms with Gasteiger partial charge in [-0.1, -0.05) is 30.3 Å². The third-order valence-corrected chi connectivity index (χ3v) is 3.32. The van der Waals surface area contributed by atoms with Gasteiger partial charge in [0, 0.05) is 25.4 Å². The molecule has 2 N–H and O–H groups in total. The maximum Gasteiger partial charge on any atom is 0.326 e. The number of hydrogen-bond donors (Lipinski definition) is 2. The topological polar surface area (TPSA) is 70.7 Å². The number of hydrogen-bond acceptors (Lipinski definition) is 5. The number of rotatable bonds is 4. The van der Waals surface area contributed by atoms with Gasteiger partial charge in [0.15, 0.2) is 0 Å². The zero-order valence-corrected chi connectivity index (χ0v) is 14.6. The SMILES string of the molecule is CC(=O)NC1=CN(CC(=O)OC(C)(C)C)C(c2ccccc2)NC1. The van der Waals surface area contributed by atoms with E-state index in [2.05, 4.69) is 10.6 Å². The molecule has 1 amide bonds. The first kappa shape index (κ1) is 18.0. The summed E-state index contributed by atoms with van der Waals surface area (Å²) >= 11 is 0. The Balaban J connectivity index is 2.20. The van der Waals surface area contributed by atoms with Gasteiger partial charge in [-0.25, -0.2) is 0 Å². The Morgan fingerprint density at radius 3 is 2.54 bits per heavy atom. The summed E-state index contributed by atoms with van der Waals surface area (Å²) in [5.41, 5.74) is 1.23. The molecular weight excluding hydrogens is 306 g/mol. The summed E-state index contributed by atoms with van der Waals surface area (Å²) in [5.74, 6) is -0.455. The van der Waals surface area contributed by atoms with Gasteiger partial charge in [0.25, 0.3) is 0 Å². The molecule has 1 atom stereocenters. The molecule has 1 aromatic carbocycles. The summed E-state index contributed by atoms with van der Waals surface area (Å²) in [6.07, 6.45) is 1.65. The fraction of sp³-hybridized carbons (Fsp3) is 0.444. The average Bonchev–Trinajstić information content (AvgIpc) is 2.45. The Kier molecular flexibility index (Phi) is 5.62. The first-order valence-corrected chi connectivity index (χ1v) is 7.99. The summed E-state index contributed by atoms with van der Waals surface area (Å²) in [6, 6.07) is 9.85. The molecule has 1 aliphatic rings. The second-order valence-corrected chi connectivity index (χ2v) is 6.79. The quantitative estimate of drug-likeness (QED) is 0.825. The van der Waals surface area contributed by atoms with E-state index < -0.39 is 5.60 Å². The van der Waals surface area contributed by atoms with Crippen molar-refractivity contribution in [1.82, 2.24) is 15.5 Å². The smallest absolute Gasteiger partial charge is 0.326 e. The van der Waals surface area contributed by atoms with Gasteiger partial charge in [-0.3, -0.25) is 14.9 Å². The fourth-order valence-electron chi connectivity index (χ4n) is 2.55. The van der Waals surface area contributed by atoms with Crippen LogP contribution in [0.15, 0.2) is 42.2 Å². The Hall–Kier alpha value is -2.34. The van der Waals surface area contributed by atoms with Crippen LogP contribution in [0.3, 0.4) is 0 Å². The standard InChI is InChI=1S/C18H25N3O3/c1-13(22)20-15-10-19-17(14-8-6-5-7-9-14)21(11-15)12-16(23)24-18(2,3)4/h5-9,11,17,19H,10,12H2,1-4H3,(H,20,22). The van der Waals surface area contributed by atoms with Crippen molar-refractivity contribution in [2.75, 3.05) is 13.1 Å². The molecule has 0 aliphatic carbocycles. The number of amides is 1. The highest BCUT2D eigenvalue weighted by Crippen LogP contribution is 2.22. The molecule has 0 aromatic heterocycles. The second kappa shape index (κ2) is 7.49. The van der Waals surface area contributed by atoms with Gasteiger partial charge in [-0.05, 0) is 26.3 Å². The third-order valence-electron chi connectivity index (χ3n) is 3.32. The van der Waals surface area contributed by atoms with Crippen molar-refractivity contribution >= 4 is 11.9 Å². The van der Waals surface area contributed by atoms with Crippen molar-refractivity contribution in [2.24, 2.45) is 0 Å². The van der Waals surface area contributed by atoms with E-state index in [1.807, 2.05) is 56.0 Å². The molecule has 1 aromatic rings. The van der Waals surface area contributed by atoms with Crippen LogP contribution in [0.1, 0.15) is 39.4 Å². The highest BCUT2D eigenvalue weighted by molar-refractivity contribution is 5.75. The van der Waals surface area contributed by atoms with Gasteiger partial charge >= 0.3 is 5.97 Å². The molecule has 1 unspecified atom stereocenters. The van der Waals surface area contributed by atoms with Crippen LogP contribution in [-0.4, -0.2) is 35.5 Å². The van der Waals surface area contributed by atoms with E-state index in [1.165, 1.54) is 6.92 Å². The number of ether oxygens (including phenoxy) is 1. The zero-order valence-electron chi connectivity index (χ0n) is 14.6. The Morgan fingerprint density at radius 1 is 1.29 bits per heavy atom. The minimum atomic E-state index is -0.535. The van der Waals surface area contributed by atoms with Crippen LogP contribution < -0.4 is 10.6 Å². The minimum absolute atomic E-state index is 0.0902. The zero-order chi connectivity index (χ0) is 17.7. The molecule has 130 valence electrons. The highest BCUT2D eigenvalue weighted by atomic mass is 16.6. The number of carbonyl (C=O) groups is 2. The van der Waals surface area contributed by atoms with Crippen LogP contribution in [-0.2, 0) is 14.3 Å². The Bertz CT molecular complexity index is 620. The monoisotopic (exact) mass is 331 g/mol. The molecule has 0 saturated heterocycles. The van der Waals surface area contributed by atoms with E-state index in [4.69, 9.17) is 4.74 Å². The van der Waals surface area contributed by atoms with Crippen molar-refractivity contribution in [3.8, 4) is 0 Å². The van der Waals surface area contributed by atoms with Crippen LogP contribution in [0.5, 0.6) is 0 Å². The van der Waals surface area contributed by atoms with Crippen LogP contribution in [0.2, 0.25) is 0 Å². The van der Waals surface area contributed by atoms with E-state index >= 15 is 0 Å². The lowest BCUT2D eigenvalue weighted by molar-refractivity contribution is -0.156. The number of nitrogens with zero attached hydrogens (tertiary/aromatic N) is 1. The number of benzene rings is 1. The van der Waals surface area contributed by atoms with E-state index in [1.54, 1.807) is 6.20 Å². The van der Waals surface area contributed by atoms with E-state index in [9.17, 15) is 9.59 Å². The average molecular weight is 331 g/mol. The Labute approximate surface area is 142 Å². The highest BCUT2D eigenvalue weighted by Gasteiger charge is 2.26. The molecule has 6 nitrogen and oxygen atoms in total. The number of nitrogens with one attached hydrogen (secondary N) is 2. The van der Waals surface area contributed by atoms with Crippen molar-refractivity contribution < 1.29 is 14.3 Å². The molecule has 2 rings (SSSR count). The summed E-state index contributed by atoms with van der Waals surface area (Å²) in [4.78, 5) is 25.4. The molecule has 0 saturated carbocycles. The van der Waals surface area contributed by atoms with E-state index in [-0.39, 0.29) is 24.6 Å². The number of esters is 1. The minimum Gasteiger partial charge on any atom is -0.459 e. The summed E-state index contributed by atoms with van der Waals surface area (Å²) < 4.78 is 5.42. The van der Waals surface area contributed by atoms with Crippen molar-refractivity contribution in [1.29, 1.82) is 0 Å². The lowest BCUT2D eigenvalue weighted by atomic mass is 10.1. The number of carbonyl (C=O) groups excluding carboxylic acids is 2. The first-order chi connectivity index (χ1) is 11.2. The third kappa shape index (κ3) is 5.38. The van der Waals surface area contributed by atoms with Gasteiger partial charge in [-0.15, -0.1) is 0 Å². The van der Waals surface area contributed by atoms with Gasteiger partial charge in [0.05, 0.1) is 0 Å². The van der Waals surface area contributed by atoms with Crippen molar-refractivity contribution in [2.45, 2.75) is 39.5 Å². The normalized spacial score (nSPS) is 17.9. The van der Waals surface area contributed by atoms with E-state index in [0.29, 0.717) is 6.54 Å². The summed E-state index contributed by atoms with van der Waals surface area (Å²) in [5, 5.41) is 6.12. The molecule has 24 heavy (non-hydrogen) atoms. The van der Waals surface area contributed by atoms with Crippen molar-refractivity contribution in [3.05, 3.63) is 47.8 Å².